The molecule has 0 N–H and O–H groups in total. The molecule has 20 heavy (non-hydrogen) atoms. The van der Waals surface area contributed by atoms with Gasteiger partial charge in [0.1, 0.15) is 5.65 Å². The number of anilines is 1. The number of nitrogens with zero attached hydrogens (tertiary/aromatic N) is 3. The van der Waals surface area contributed by atoms with E-state index in [0.717, 1.165) is 11.3 Å². The summed E-state index contributed by atoms with van der Waals surface area (Å²) in [7, 11) is 4.10. The van der Waals surface area contributed by atoms with E-state index in [1.165, 1.54) is 22.5 Å². The molecule has 1 aromatic carbocycles. The Balaban J connectivity index is 2.15. The van der Waals surface area contributed by atoms with Gasteiger partial charge in [0, 0.05) is 31.0 Å². The first-order valence-corrected chi connectivity index (χ1v) is 6.79. The van der Waals surface area contributed by atoms with Gasteiger partial charge in [-0.25, -0.2) is 4.98 Å². The van der Waals surface area contributed by atoms with Crippen LogP contribution in [0.15, 0.2) is 42.6 Å². The predicted octanol–water partition coefficient (Wildman–Crippen LogP) is 3.68. The lowest BCUT2D eigenvalue weighted by molar-refractivity contribution is 1.09. The molecule has 0 bridgehead atoms. The largest absolute Gasteiger partial charge is 0.378 e. The Kier molecular flexibility index (Phi) is 2.97. The molecule has 3 heteroatoms. The van der Waals surface area contributed by atoms with Crippen LogP contribution in [0.1, 0.15) is 11.3 Å². The van der Waals surface area contributed by atoms with E-state index in [2.05, 4.69) is 78.6 Å². The quantitative estimate of drug-likeness (QED) is 0.704. The number of aromatic nitrogens is 2. The highest BCUT2D eigenvalue weighted by atomic mass is 15.1. The number of fused-ring (bicyclic) bond motifs is 1. The van der Waals surface area contributed by atoms with Crippen molar-refractivity contribution in [3.8, 4) is 11.3 Å². The van der Waals surface area contributed by atoms with Crippen LogP contribution in [-0.4, -0.2) is 23.5 Å². The van der Waals surface area contributed by atoms with E-state index >= 15 is 0 Å². The number of benzene rings is 1. The van der Waals surface area contributed by atoms with Crippen LogP contribution >= 0.6 is 0 Å². The van der Waals surface area contributed by atoms with E-state index in [-0.39, 0.29) is 0 Å². The van der Waals surface area contributed by atoms with Crippen molar-refractivity contribution in [3.63, 3.8) is 0 Å². The van der Waals surface area contributed by atoms with Crippen LogP contribution in [-0.2, 0) is 0 Å². The van der Waals surface area contributed by atoms with Crippen LogP contribution in [0.4, 0.5) is 5.69 Å². The smallest absolute Gasteiger partial charge is 0.137 e. The average Bonchev–Trinajstić information content (AvgIpc) is 2.82. The first-order valence-electron chi connectivity index (χ1n) is 6.79. The molecule has 0 aliphatic carbocycles. The maximum Gasteiger partial charge on any atom is 0.137 e. The fourth-order valence-corrected chi connectivity index (χ4v) is 2.61. The van der Waals surface area contributed by atoms with E-state index < -0.39 is 0 Å². The fraction of sp³-hybridized carbons (Fsp3) is 0.235. The van der Waals surface area contributed by atoms with Crippen molar-refractivity contribution in [3.05, 3.63) is 53.9 Å². The van der Waals surface area contributed by atoms with Crippen molar-refractivity contribution >= 4 is 11.3 Å². The summed E-state index contributed by atoms with van der Waals surface area (Å²) >= 11 is 0. The average molecular weight is 265 g/mol. The molecular formula is C17H19N3. The van der Waals surface area contributed by atoms with E-state index in [4.69, 9.17) is 0 Å². The van der Waals surface area contributed by atoms with Crippen LogP contribution in [0.5, 0.6) is 0 Å². The molecule has 3 aromatic rings. The highest BCUT2D eigenvalue weighted by Crippen LogP contribution is 2.25. The first kappa shape index (κ1) is 12.7. The van der Waals surface area contributed by atoms with Gasteiger partial charge >= 0.3 is 0 Å². The zero-order valence-electron chi connectivity index (χ0n) is 12.4. The molecule has 0 aliphatic rings. The molecule has 2 heterocycles. The van der Waals surface area contributed by atoms with Gasteiger partial charge in [0.25, 0.3) is 0 Å². The molecule has 0 amide bonds. The lowest BCUT2D eigenvalue weighted by atomic mass is 10.1. The third kappa shape index (κ3) is 2.05. The number of pyridine rings is 1. The second kappa shape index (κ2) is 4.67. The monoisotopic (exact) mass is 265 g/mol. The molecule has 2 aromatic heterocycles. The van der Waals surface area contributed by atoms with Gasteiger partial charge in [0.05, 0.1) is 11.9 Å². The second-order valence-corrected chi connectivity index (χ2v) is 5.45. The molecule has 3 rings (SSSR count). The second-order valence-electron chi connectivity index (χ2n) is 5.45. The van der Waals surface area contributed by atoms with Crippen molar-refractivity contribution in [2.45, 2.75) is 13.8 Å². The minimum atomic E-state index is 1.01. The van der Waals surface area contributed by atoms with Crippen LogP contribution in [0.2, 0.25) is 0 Å². The number of hydrogen-bond donors (Lipinski definition) is 0. The predicted molar refractivity (Wildman–Crippen MR) is 84.4 cm³/mol. The summed E-state index contributed by atoms with van der Waals surface area (Å²) in [6, 6.07) is 12.9. The van der Waals surface area contributed by atoms with E-state index in [1.54, 1.807) is 0 Å². The number of aryl methyl sites for hydroxylation is 2. The van der Waals surface area contributed by atoms with Crippen molar-refractivity contribution in [1.29, 1.82) is 0 Å². The maximum atomic E-state index is 4.53. The van der Waals surface area contributed by atoms with Crippen molar-refractivity contribution < 1.29 is 0 Å². The Morgan fingerprint density at radius 1 is 1.00 bits per heavy atom. The zero-order chi connectivity index (χ0) is 14.3. The molecule has 0 atom stereocenters. The van der Waals surface area contributed by atoms with Crippen LogP contribution in [0, 0.1) is 13.8 Å². The molecule has 3 nitrogen and oxygen atoms in total. The van der Waals surface area contributed by atoms with Gasteiger partial charge in [-0.2, -0.15) is 0 Å². The van der Waals surface area contributed by atoms with Gasteiger partial charge in [-0.15, -0.1) is 0 Å². The van der Waals surface area contributed by atoms with Crippen molar-refractivity contribution in [1.82, 2.24) is 9.38 Å². The van der Waals surface area contributed by atoms with Crippen molar-refractivity contribution in [2.75, 3.05) is 19.0 Å². The normalized spacial score (nSPS) is 11.0. The van der Waals surface area contributed by atoms with Gasteiger partial charge in [-0.1, -0.05) is 12.1 Å². The zero-order valence-corrected chi connectivity index (χ0v) is 12.4. The van der Waals surface area contributed by atoms with E-state index in [1.807, 2.05) is 6.20 Å². The summed E-state index contributed by atoms with van der Waals surface area (Å²) in [5, 5.41) is 0. The molecule has 0 unspecified atom stereocenters. The Labute approximate surface area is 119 Å². The van der Waals surface area contributed by atoms with Gasteiger partial charge < -0.3 is 4.90 Å². The Morgan fingerprint density at radius 3 is 2.35 bits per heavy atom. The molecule has 0 saturated heterocycles. The van der Waals surface area contributed by atoms with Crippen LogP contribution in [0.25, 0.3) is 16.9 Å². The molecule has 0 radical (unpaired) electrons. The van der Waals surface area contributed by atoms with Gasteiger partial charge in [0.2, 0.25) is 0 Å². The number of imidazole rings is 1. The third-order valence-electron chi connectivity index (χ3n) is 3.61. The van der Waals surface area contributed by atoms with Gasteiger partial charge in [-0.3, -0.25) is 4.40 Å². The summed E-state index contributed by atoms with van der Waals surface area (Å²) in [6.07, 6.45) is 1.95. The summed E-state index contributed by atoms with van der Waals surface area (Å²) in [5.41, 5.74) is 7.00. The number of rotatable bonds is 2. The van der Waals surface area contributed by atoms with E-state index in [9.17, 15) is 0 Å². The van der Waals surface area contributed by atoms with Crippen LogP contribution in [0.3, 0.4) is 0 Å². The molecule has 0 aliphatic heterocycles. The third-order valence-corrected chi connectivity index (χ3v) is 3.61. The molecular weight excluding hydrogens is 246 g/mol. The lowest BCUT2D eigenvalue weighted by Gasteiger charge is -2.13. The lowest BCUT2D eigenvalue weighted by Crippen LogP contribution is -2.08. The summed E-state index contributed by atoms with van der Waals surface area (Å²) in [5.74, 6) is 0. The minimum absolute atomic E-state index is 1.01. The molecule has 0 saturated carbocycles. The summed E-state index contributed by atoms with van der Waals surface area (Å²) in [6.45, 7) is 4.23. The SMILES string of the molecule is Cc1cc(C)n2c(-c3ccc(N(C)C)cc3)cnc2c1. The Hall–Kier alpha value is -2.29. The minimum Gasteiger partial charge on any atom is -0.378 e. The molecule has 102 valence electrons. The number of hydrogen-bond acceptors (Lipinski definition) is 2. The highest BCUT2D eigenvalue weighted by molar-refractivity contribution is 5.67. The standard InChI is InChI=1S/C17H19N3/c1-12-9-13(2)20-16(11-18-17(20)10-12)14-5-7-15(8-6-14)19(3)4/h5-11H,1-4H3. The first-order chi connectivity index (χ1) is 9.56. The van der Waals surface area contributed by atoms with Crippen molar-refractivity contribution in [2.24, 2.45) is 0 Å². The Bertz CT molecular complexity index is 752. The van der Waals surface area contributed by atoms with Gasteiger partial charge in [0.15, 0.2) is 0 Å². The molecule has 0 fully saturated rings. The fourth-order valence-electron chi connectivity index (χ4n) is 2.61. The van der Waals surface area contributed by atoms with Gasteiger partial charge in [-0.05, 0) is 43.7 Å². The van der Waals surface area contributed by atoms with Crippen LogP contribution < -0.4 is 4.90 Å². The maximum absolute atomic E-state index is 4.53. The summed E-state index contributed by atoms with van der Waals surface area (Å²) in [4.78, 5) is 6.63. The highest BCUT2D eigenvalue weighted by Gasteiger charge is 2.08. The topological polar surface area (TPSA) is 20.5 Å². The molecule has 0 spiro atoms. The van der Waals surface area contributed by atoms with E-state index in [0.29, 0.717) is 0 Å². The Morgan fingerprint density at radius 2 is 1.70 bits per heavy atom. The summed E-state index contributed by atoms with van der Waals surface area (Å²) < 4.78 is 2.21.